The number of hydrogen-bond acceptors (Lipinski definition) is 3. The second kappa shape index (κ2) is 8.88. The molecular formula is C20H30O3. The van der Waals surface area contributed by atoms with Crippen molar-refractivity contribution in [3.05, 3.63) is 47.6 Å². The summed E-state index contributed by atoms with van der Waals surface area (Å²) in [6.45, 7) is 11.5. The van der Waals surface area contributed by atoms with Gasteiger partial charge in [-0.3, -0.25) is 0 Å². The minimum atomic E-state index is -0.799. The minimum Gasteiger partial charge on any atom is -0.454 e. The van der Waals surface area contributed by atoms with E-state index in [9.17, 15) is 9.90 Å². The molecule has 0 radical (unpaired) electrons. The van der Waals surface area contributed by atoms with E-state index in [1.54, 1.807) is 13.0 Å². The van der Waals surface area contributed by atoms with E-state index in [4.69, 9.17) is 4.74 Å². The fraction of sp³-hybridized carbons (Fsp3) is 0.550. The van der Waals surface area contributed by atoms with Crippen LogP contribution >= 0.6 is 0 Å². The van der Waals surface area contributed by atoms with E-state index in [1.807, 2.05) is 26.0 Å². The van der Waals surface area contributed by atoms with Crippen LogP contribution in [0.5, 0.6) is 0 Å². The highest BCUT2D eigenvalue weighted by Crippen LogP contribution is 2.23. The Morgan fingerprint density at radius 3 is 2.70 bits per heavy atom. The van der Waals surface area contributed by atoms with Gasteiger partial charge in [0.15, 0.2) is 0 Å². The van der Waals surface area contributed by atoms with Gasteiger partial charge in [0.1, 0.15) is 6.10 Å². The Morgan fingerprint density at radius 2 is 2.09 bits per heavy atom. The van der Waals surface area contributed by atoms with Gasteiger partial charge >= 0.3 is 5.97 Å². The van der Waals surface area contributed by atoms with Crippen LogP contribution in [-0.2, 0) is 9.53 Å². The summed E-state index contributed by atoms with van der Waals surface area (Å²) >= 11 is 0. The molecule has 1 aliphatic heterocycles. The van der Waals surface area contributed by atoms with Crippen LogP contribution in [0.25, 0.3) is 0 Å². The molecule has 0 aromatic carbocycles. The molecule has 1 heterocycles. The number of allylic oxidation sites excluding steroid dienone is 4. The summed E-state index contributed by atoms with van der Waals surface area (Å²) in [7, 11) is 0. The Kier molecular flexibility index (Phi) is 7.50. The first kappa shape index (κ1) is 19.4. The number of cyclic esters (lactones) is 1. The quantitative estimate of drug-likeness (QED) is 0.403. The SMILES string of the molecule is C=CC(C)(O)CC/C=C(\C)CC/C=C1\CC(C=C(C)C)OC1=O. The van der Waals surface area contributed by atoms with Crippen molar-refractivity contribution < 1.29 is 14.6 Å². The predicted molar refractivity (Wildman–Crippen MR) is 95.1 cm³/mol. The Hall–Kier alpha value is -1.61. The van der Waals surface area contributed by atoms with Crippen molar-refractivity contribution in [1.82, 2.24) is 0 Å². The van der Waals surface area contributed by atoms with Crippen LogP contribution in [0.15, 0.2) is 47.6 Å². The zero-order valence-electron chi connectivity index (χ0n) is 14.9. The van der Waals surface area contributed by atoms with E-state index in [1.165, 1.54) is 11.1 Å². The molecule has 0 spiro atoms. The number of aliphatic hydroxyl groups is 1. The maximum atomic E-state index is 11.8. The number of carbonyl (C=O) groups is 1. The number of rotatable bonds is 8. The van der Waals surface area contributed by atoms with Crippen LogP contribution in [0.2, 0.25) is 0 Å². The smallest absolute Gasteiger partial charge is 0.334 e. The highest BCUT2D eigenvalue weighted by molar-refractivity contribution is 5.90. The van der Waals surface area contributed by atoms with Crippen molar-refractivity contribution in [3.63, 3.8) is 0 Å². The Bertz CT molecular complexity index is 517. The van der Waals surface area contributed by atoms with Gasteiger partial charge in [-0.2, -0.15) is 0 Å². The van der Waals surface area contributed by atoms with Gasteiger partial charge in [0.05, 0.1) is 5.60 Å². The summed E-state index contributed by atoms with van der Waals surface area (Å²) in [4.78, 5) is 11.8. The summed E-state index contributed by atoms with van der Waals surface area (Å²) in [5, 5.41) is 9.86. The van der Waals surface area contributed by atoms with E-state index in [0.717, 1.165) is 24.8 Å². The largest absolute Gasteiger partial charge is 0.454 e. The zero-order chi connectivity index (χ0) is 17.5. The fourth-order valence-corrected chi connectivity index (χ4v) is 2.48. The molecule has 1 fully saturated rings. The fourth-order valence-electron chi connectivity index (χ4n) is 2.48. The van der Waals surface area contributed by atoms with Gasteiger partial charge in [0.25, 0.3) is 0 Å². The van der Waals surface area contributed by atoms with Gasteiger partial charge in [-0.25, -0.2) is 4.79 Å². The molecule has 1 N–H and O–H groups in total. The number of ether oxygens (including phenoxy) is 1. The average Bonchev–Trinajstić information content (AvgIpc) is 2.78. The topological polar surface area (TPSA) is 46.5 Å². The molecule has 0 saturated carbocycles. The van der Waals surface area contributed by atoms with Crippen molar-refractivity contribution in [2.75, 3.05) is 0 Å². The van der Waals surface area contributed by atoms with Crippen molar-refractivity contribution in [2.24, 2.45) is 0 Å². The van der Waals surface area contributed by atoms with Gasteiger partial charge in [-0.1, -0.05) is 29.4 Å². The highest BCUT2D eigenvalue weighted by atomic mass is 16.5. The Morgan fingerprint density at radius 1 is 1.39 bits per heavy atom. The summed E-state index contributed by atoms with van der Waals surface area (Å²) in [5.41, 5.74) is 2.42. The minimum absolute atomic E-state index is 0.100. The van der Waals surface area contributed by atoms with Gasteiger partial charge < -0.3 is 9.84 Å². The summed E-state index contributed by atoms with van der Waals surface area (Å²) in [6, 6.07) is 0. The zero-order valence-corrected chi connectivity index (χ0v) is 14.9. The number of hydrogen-bond donors (Lipinski definition) is 1. The van der Waals surface area contributed by atoms with Crippen molar-refractivity contribution >= 4 is 5.97 Å². The highest BCUT2D eigenvalue weighted by Gasteiger charge is 2.26. The lowest BCUT2D eigenvalue weighted by Crippen LogP contribution is -2.19. The number of carbonyl (C=O) groups excluding carboxylic acids is 1. The molecule has 1 saturated heterocycles. The standard InChI is InChI=1S/C20H30O3/c1-6-20(5,22)12-8-10-16(4)9-7-11-17-14-18(13-15(2)3)23-19(17)21/h6,10-11,13,18,22H,1,7-9,12,14H2,2-5H3/b16-10+,17-11+. The van der Waals surface area contributed by atoms with Crippen molar-refractivity contribution in [3.8, 4) is 0 Å². The summed E-state index contributed by atoms with van der Waals surface area (Å²) in [5.74, 6) is -0.184. The van der Waals surface area contributed by atoms with E-state index in [0.29, 0.717) is 12.8 Å². The van der Waals surface area contributed by atoms with E-state index in [2.05, 4.69) is 19.6 Å². The Labute approximate surface area is 140 Å². The lowest BCUT2D eigenvalue weighted by molar-refractivity contribution is -0.137. The summed E-state index contributed by atoms with van der Waals surface area (Å²) < 4.78 is 5.32. The molecule has 3 nitrogen and oxygen atoms in total. The molecule has 0 aliphatic carbocycles. The third-order valence-electron chi connectivity index (χ3n) is 3.97. The van der Waals surface area contributed by atoms with Gasteiger partial charge in [0.2, 0.25) is 0 Å². The van der Waals surface area contributed by atoms with Crippen LogP contribution in [0.4, 0.5) is 0 Å². The van der Waals surface area contributed by atoms with E-state index < -0.39 is 5.60 Å². The van der Waals surface area contributed by atoms with Crippen LogP contribution in [-0.4, -0.2) is 22.8 Å². The van der Waals surface area contributed by atoms with E-state index in [-0.39, 0.29) is 12.1 Å². The van der Waals surface area contributed by atoms with E-state index >= 15 is 0 Å². The molecule has 23 heavy (non-hydrogen) atoms. The van der Waals surface area contributed by atoms with Crippen LogP contribution in [0.1, 0.15) is 59.8 Å². The van der Waals surface area contributed by atoms with Crippen molar-refractivity contribution in [2.45, 2.75) is 71.5 Å². The third-order valence-corrected chi connectivity index (χ3v) is 3.97. The second-order valence-corrected chi connectivity index (χ2v) is 6.81. The second-order valence-electron chi connectivity index (χ2n) is 6.81. The lowest BCUT2D eigenvalue weighted by Gasteiger charge is -2.16. The van der Waals surface area contributed by atoms with Crippen LogP contribution in [0.3, 0.4) is 0 Å². The first-order chi connectivity index (χ1) is 10.7. The molecule has 0 amide bonds. The molecular weight excluding hydrogens is 288 g/mol. The molecule has 0 aromatic rings. The van der Waals surface area contributed by atoms with Gasteiger partial charge in [-0.05, 0) is 59.5 Å². The lowest BCUT2D eigenvalue weighted by atomic mass is 9.99. The molecule has 1 aliphatic rings. The molecule has 2 unspecified atom stereocenters. The molecule has 0 aromatic heterocycles. The first-order valence-corrected chi connectivity index (χ1v) is 8.30. The maximum Gasteiger partial charge on any atom is 0.334 e. The number of esters is 1. The average molecular weight is 318 g/mol. The van der Waals surface area contributed by atoms with Gasteiger partial charge in [0, 0.05) is 12.0 Å². The monoisotopic (exact) mass is 318 g/mol. The molecule has 2 atom stereocenters. The van der Waals surface area contributed by atoms with Crippen LogP contribution < -0.4 is 0 Å². The Balaban J connectivity index is 2.42. The molecule has 1 rings (SSSR count). The van der Waals surface area contributed by atoms with Crippen LogP contribution in [0, 0.1) is 0 Å². The molecule has 0 bridgehead atoms. The maximum absolute atomic E-state index is 11.8. The third kappa shape index (κ3) is 7.47. The predicted octanol–water partition coefficient (Wildman–Crippen LogP) is 4.64. The molecule has 3 heteroatoms. The molecule has 128 valence electrons. The summed E-state index contributed by atoms with van der Waals surface area (Å²) in [6.07, 6.45) is 11.5. The normalized spacial score (nSPS) is 22.7. The first-order valence-electron chi connectivity index (χ1n) is 8.30. The van der Waals surface area contributed by atoms with Crippen molar-refractivity contribution in [1.29, 1.82) is 0 Å². The van der Waals surface area contributed by atoms with Gasteiger partial charge in [-0.15, -0.1) is 6.58 Å².